The van der Waals surface area contributed by atoms with Gasteiger partial charge < -0.3 is 4.74 Å². The Balaban J connectivity index is 1.80. The summed E-state index contributed by atoms with van der Waals surface area (Å²) in [6, 6.07) is 0. The van der Waals surface area contributed by atoms with Crippen molar-refractivity contribution in [1.29, 1.82) is 0 Å². The summed E-state index contributed by atoms with van der Waals surface area (Å²) in [4.78, 5) is 4.60. The monoisotopic (exact) mass is 335 g/mol. The number of imidazole rings is 1. The van der Waals surface area contributed by atoms with Crippen molar-refractivity contribution in [3.05, 3.63) is 16.7 Å². The van der Waals surface area contributed by atoms with Crippen molar-refractivity contribution in [1.82, 2.24) is 14.1 Å². The third-order valence-electron chi connectivity index (χ3n) is 3.25. The summed E-state index contributed by atoms with van der Waals surface area (Å²) in [5.41, 5.74) is 0. The summed E-state index contributed by atoms with van der Waals surface area (Å²) in [6.07, 6.45) is 3.59. The first-order chi connectivity index (χ1) is 9.58. The van der Waals surface area contributed by atoms with E-state index in [9.17, 15) is 8.42 Å². The molecule has 1 fully saturated rings. The SMILES string of the molecule is O=S(=O)(NCC1CCCOC1)c1c(Cl)nc2sccn12. The molecular weight excluding hydrogens is 322 g/mol. The summed E-state index contributed by atoms with van der Waals surface area (Å²) in [5, 5.41) is 1.78. The van der Waals surface area contributed by atoms with Gasteiger partial charge in [-0.1, -0.05) is 11.6 Å². The molecule has 0 aliphatic carbocycles. The zero-order valence-electron chi connectivity index (χ0n) is 10.6. The number of sulfonamides is 1. The van der Waals surface area contributed by atoms with Crippen LogP contribution in [0.5, 0.6) is 0 Å². The summed E-state index contributed by atoms with van der Waals surface area (Å²) < 4.78 is 34.2. The molecule has 2 aromatic rings. The van der Waals surface area contributed by atoms with E-state index in [1.807, 2.05) is 0 Å². The topological polar surface area (TPSA) is 72.7 Å². The van der Waals surface area contributed by atoms with E-state index >= 15 is 0 Å². The highest BCUT2D eigenvalue weighted by Gasteiger charge is 2.26. The molecule has 1 atom stereocenters. The van der Waals surface area contributed by atoms with Gasteiger partial charge in [-0.3, -0.25) is 4.40 Å². The highest BCUT2D eigenvalue weighted by Crippen LogP contribution is 2.25. The number of halogens is 1. The highest BCUT2D eigenvalue weighted by molar-refractivity contribution is 7.89. The average molecular weight is 336 g/mol. The molecule has 1 aliphatic heterocycles. The van der Waals surface area contributed by atoms with Gasteiger partial charge in [0.25, 0.3) is 10.0 Å². The lowest BCUT2D eigenvalue weighted by atomic mass is 10.0. The second kappa shape index (κ2) is 5.61. The minimum Gasteiger partial charge on any atom is -0.381 e. The molecule has 3 heterocycles. The summed E-state index contributed by atoms with van der Waals surface area (Å²) in [5.74, 6) is 0.211. The van der Waals surface area contributed by atoms with Crippen LogP contribution in [0.3, 0.4) is 0 Å². The molecule has 110 valence electrons. The van der Waals surface area contributed by atoms with Crippen LogP contribution in [0.2, 0.25) is 5.15 Å². The van der Waals surface area contributed by atoms with Crippen molar-refractivity contribution >= 4 is 37.9 Å². The van der Waals surface area contributed by atoms with Gasteiger partial charge in [0.1, 0.15) is 0 Å². The molecule has 0 saturated carbocycles. The molecular formula is C11H14ClN3O3S2. The zero-order chi connectivity index (χ0) is 14.2. The number of fused-ring (bicyclic) bond motifs is 1. The van der Waals surface area contributed by atoms with Crippen LogP contribution in [-0.2, 0) is 14.8 Å². The Bertz CT molecular complexity index is 704. The Morgan fingerprint density at radius 1 is 1.60 bits per heavy atom. The lowest BCUT2D eigenvalue weighted by molar-refractivity contribution is 0.0568. The van der Waals surface area contributed by atoms with E-state index in [2.05, 4.69) is 9.71 Å². The fourth-order valence-electron chi connectivity index (χ4n) is 2.24. The van der Waals surface area contributed by atoms with Crippen LogP contribution in [0.4, 0.5) is 0 Å². The van der Waals surface area contributed by atoms with E-state index in [1.165, 1.54) is 15.7 Å². The quantitative estimate of drug-likeness (QED) is 0.924. The number of aromatic nitrogens is 2. The van der Waals surface area contributed by atoms with Crippen LogP contribution in [-0.4, -0.2) is 37.6 Å². The molecule has 0 aromatic carbocycles. The molecule has 0 bridgehead atoms. The smallest absolute Gasteiger partial charge is 0.259 e. The first-order valence-corrected chi connectivity index (χ1v) is 9.00. The maximum Gasteiger partial charge on any atom is 0.259 e. The minimum atomic E-state index is -3.67. The predicted octanol–water partition coefficient (Wildman–Crippen LogP) is 1.75. The Hall–Kier alpha value is -0.670. The first kappa shape index (κ1) is 14.3. The Kier molecular flexibility index (Phi) is 4.00. The molecule has 9 heteroatoms. The lowest BCUT2D eigenvalue weighted by Crippen LogP contribution is -2.33. The molecule has 0 amide bonds. The maximum absolute atomic E-state index is 12.4. The molecule has 1 saturated heterocycles. The van der Waals surface area contributed by atoms with E-state index in [0.717, 1.165) is 19.4 Å². The lowest BCUT2D eigenvalue weighted by Gasteiger charge is -2.22. The molecule has 0 spiro atoms. The molecule has 6 nitrogen and oxygen atoms in total. The number of hydrogen-bond donors (Lipinski definition) is 1. The maximum atomic E-state index is 12.4. The number of rotatable bonds is 4. The van der Waals surface area contributed by atoms with E-state index in [0.29, 0.717) is 18.1 Å². The van der Waals surface area contributed by atoms with E-state index < -0.39 is 10.0 Å². The van der Waals surface area contributed by atoms with Crippen molar-refractivity contribution in [2.24, 2.45) is 5.92 Å². The standard InChI is InChI=1S/C11H14ClN3O3S2/c12-9-10(15-3-5-19-11(15)14-9)20(16,17)13-6-8-2-1-4-18-7-8/h3,5,8,13H,1-2,4,6-7H2. The van der Waals surface area contributed by atoms with Gasteiger partial charge in [0.2, 0.25) is 0 Å². The number of nitrogens with one attached hydrogen (secondary N) is 1. The predicted molar refractivity (Wildman–Crippen MR) is 76.8 cm³/mol. The number of ether oxygens (including phenoxy) is 1. The van der Waals surface area contributed by atoms with Gasteiger partial charge in [-0.2, -0.15) is 0 Å². The fraction of sp³-hybridized carbons (Fsp3) is 0.545. The van der Waals surface area contributed by atoms with Gasteiger partial charge in [0, 0.05) is 24.7 Å². The van der Waals surface area contributed by atoms with Crippen molar-refractivity contribution in [2.45, 2.75) is 17.9 Å². The Morgan fingerprint density at radius 3 is 3.20 bits per heavy atom. The highest BCUT2D eigenvalue weighted by atomic mass is 35.5. The van der Waals surface area contributed by atoms with Crippen LogP contribution in [0, 0.1) is 5.92 Å². The van der Waals surface area contributed by atoms with Crippen molar-refractivity contribution < 1.29 is 13.2 Å². The van der Waals surface area contributed by atoms with E-state index in [4.69, 9.17) is 16.3 Å². The van der Waals surface area contributed by atoms with Crippen molar-refractivity contribution in [3.63, 3.8) is 0 Å². The molecule has 1 N–H and O–H groups in total. The molecule has 0 radical (unpaired) electrons. The van der Waals surface area contributed by atoms with Gasteiger partial charge >= 0.3 is 0 Å². The summed E-state index contributed by atoms with van der Waals surface area (Å²) in [7, 11) is -3.67. The molecule has 20 heavy (non-hydrogen) atoms. The van der Waals surface area contributed by atoms with Crippen LogP contribution in [0.1, 0.15) is 12.8 Å². The van der Waals surface area contributed by atoms with Crippen LogP contribution >= 0.6 is 22.9 Å². The molecule has 2 aromatic heterocycles. The van der Waals surface area contributed by atoms with Crippen LogP contribution < -0.4 is 4.72 Å². The Labute approximate surface area is 125 Å². The van der Waals surface area contributed by atoms with Gasteiger partial charge in [-0.15, -0.1) is 11.3 Å². The molecule has 1 unspecified atom stereocenters. The van der Waals surface area contributed by atoms with Crippen molar-refractivity contribution in [3.8, 4) is 0 Å². The second-order valence-corrected chi connectivity index (χ2v) is 7.61. The van der Waals surface area contributed by atoms with Crippen LogP contribution in [0.25, 0.3) is 4.96 Å². The Morgan fingerprint density at radius 2 is 2.45 bits per heavy atom. The average Bonchev–Trinajstić information content (AvgIpc) is 2.97. The fourth-order valence-corrected chi connectivity index (χ4v) is 4.81. The van der Waals surface area contributed by atoms with E-state index in [-0.39, 0.29) is 16.1 Å². The normalized spacial score (nSPS) is 20.6. The first-order valence-electron chi connectivity index (χ1n) is 6.26. The minimum absolute atomic E-state index is 0.00393. The van der Waals surface area contributed by atoms with Gasteiger partial charge in [0.15, 0.2) is 15.1 Å². The van der Waals surface area contributed by atoms with Gasteiger partial charge in [-0.05, 0) is 18.8 Å². The van der Waals surface area contributed by atoms with Crippen molar-refractivity contribution in [2.75, 3.05) is 19.8 Å². The molecule has 1 aliphatic rings. The second-order valence-electron chi connectivity index (χ2n) is 4.70. The number of hydrogen-bond acceptors (Lipinski definition) is 5. The zero-order valence-corrected chi connectivity index (χ0v) is 13.0. The molecule has 3 rings (SSSR count). The van der Waals surface area contributed by atoms with Gasteiger partial charge in [0.05, 0.1) is 6.61 Å². The summed E-state index contributed by atoms with van der Waals surface area (Å²) in [6.45, 7) is 1.71. The van der Waals surface area contributed by atoms with E-state index in [1.54, 1.807) is 11.6 Å². The number of nitrogens with zero attached hydrogens (tertiary/aromatic N) is 2. The largest absolute Gasteiger partial charge is 0.381 e. The third-order valence-corrected chi connectivity index (χ3v) is 5.83. The summed E-state index contributed by atoms with van der Waals surface area (Å²) >= 11 is 7.29. The van der Waals surface area contributed by atoms with Crippen LogP contribution in [0.15, 0.2) is 16.6 Å². The third kappa shape index (κ3) is 2.71. The number of thiazole rings is 1. The van der Waals surface area contributed by atoms with Gasteiger partial charge in [-0.25, -0.2) is 18.1 Å².